The van der Waals surface area contributed by atoms with Gasteiger partial charge in [-0.1, -0.05) is 18.2 Å². The number of amides is 1. The highest BCUT2D eigenvalue weighted by atomic mass is 32.2. The maximum Gasteiger partial charge on any atom is 0.264 e. The number of methoxy groups -OCH3 is 1. The van der Waals surface area contributed by atoms with Gasteiger partial charge >= 0.3 is 0 Å². The molecule has 3 heterocycles. The first kappa shape index (κ1) is 24.5. The van der Waals surface area contributed by atoms with E-state index in [1.807, 2.05) is 17.0 Å². The van der Waals surface area contributed by atoms with E-state index >= 15 is 0 Å². The zero-order valence-corrected chi connectivity index (χ0v) is 21.0. The summed E-state index contributed by atoms with van der Waals surface area (Å²) < 4.78 is 39.9. The van der Waals surface area contributed by atoms with Gasteiger partial charge in [-0.25, -0.2) is 8.42 Å². The van der Waals surface area contributed by atoms with Crippen LogP contribution < -0.4 is 9.46 Å². The molecule has 0 saturated carbocycles. The highest BCUT2D eigenvalue weighted by molar-refractivity contribution is 7.93. The lowest BCUT2D eigenvalue weighted by atomic mass is 10.1. The van der Waals surface area contributed by atoms with Gasteiger partial charge in [0.1, 0.15) is 10.6 Å². The second kappa shape index (κ2) is 10.4. The minimum absolute atomic E-state index is 0.0850. The zero-order valence-electron chi connectivity index (χ0n) is 20.2. The molecule has 1 amide bonds. The van der Waals surface area contributed by atoms with E-state index in [2.05, 4.69) is 14.6 Å². The van der Waals surface area contributed by atoms with E-state index in [0.29, 0.717) is 41.5 Å². The number of anilines is 1. The van der Waals surface area contributed by atoms with E-state index in [4.69, 9.17) is 9.47 Å². The Hall–Kier alpha value is -3.21. The normalized spacial score (nSPS) is 18.9. The number of hydrogen-bond donors (Lipinski definition) is 1. The molecule has 36 heavy (non-hydrogen) atoms. The number of benzene rings is 2. The predicted octanol–water partition coefficient (Wildman–Crippen LogP) is 2.84. The van der Waals surface area contributed by atoms with E-state index in [-0.39, 0.29) is 10.8 Å². The number of para-hydroxylation sites is 1. The minimum atomic E-state index is -3.91. The molecular formula is C26H30N4O5S. The molecule has 3 aromatic rings. The summed E-state index contributed by atoms with van der Waals surface area (Å²) >= 11 is 0. The smallest absolute Gasteiger partial charge is 0.264 e. The molecule has 2 fully saturated rings. The third-order valence-corrected chi connectivity index (χ3v) is 8.18. The molecule has 0 bridgehead atoms. The number of carbonyl (C=O) groups excluding carboxylic acids is 1. The number of piperazine rings is 1. The van der Waals surface area contributed by atoms with Gasteiger partial charge in [0.15, 0.2) is 0 Å². The lowest BCUT2D eigenvalue weighted by Crippen LogP contribution is -2.49. The van der Waals surface area contributed by atoms with Crippen LogP contribution >= 0.6 is 0 Å². The lowest BCUT2D eigenvalue weighted by Gasteiger charge is -2.36. The predicted molar refractivity (Wildman–Crippen MR) is 137 cm³/mol. The number of rotatable bonds is 7. The topological polar surface area (TPSA) is 101 Å². The van der Waals surface area contributed by atoms with Gasteiger partial charge in [-0.05, 0) is 36.6 Å². The second-order valence-corrected chi connectivity index (χ2v) is 10.8. The van der Waals surface area contributed by atoms with E-state index in [0.717, 1.165) is 44.7 Å². The van der Waals surface area contributed by atoms with Crippen LogP contribution in [0.1, 0.15) is 16.8 Å². The third-order valence-electron chi connectivity index (χ3n) is 6.77. The van der Waals surface area contributed by atoms with Gasteiger partial charge < -0.3 is 14.4 Å². The Morgan fingerprint density at radius 1 is 1.14 bits per heavy atom. The Morgan fingerprint density at radius 3 is 2.69 bits per heavy atom. The standard InChI is InChI=1S/C26H30N4O5S/c1-34-23-16-21(28-36(32,33)24-6-2-4-20-5-3-10-27-25(20)24)7-8-22(23)26(31)30-13-11-29(12-14-30)17-19-9-15-35-18-19/h2-8,10,16,19,28H,9,11-15,17-18H2,1H3/t19-/m0/s1. The van der Waals surface area contributed by atoms with Crippen molar-refractivity contribution in [3.8, 4) is 5.75 Å². The number of sulfonamides is 1. The number of nitrogens with zero attached hydrogens (tertiary/aromatic N) is 3. The molecule has 0 spiro atoms. The molecule has 2 aliphatic rings. The maximum atomic E-state index is 13.3. The maximum absolute atomic E-state index is 13.3. The van der Waals surface area contributed by atoms with Crippen molar-refractivity contribution in [3.05, 3.63) is 60.3 Å². The lowest BCUT2D eigenvalue weighted by molar-refractivity contribution is 0.0608. The number of fused-ring (bicyclic) bond motifs is 1. The summed E-state index contributed by atoms with van der Waals surface area (Å²) in [6.07, 6.45) is 2.66. The summed E-state index contributed by atoms with van der Waals surface area (Å²) in [5, 5.41) is 0.732. The van der Waals surface area contributed by atoms with Crippen LogP contribution in [0.3, 0.4) is 0 Å². The minimum Gasteiger partial charge on any atom is -0.496 e. The van der Waals surface area contributed by atoms with E-state index < -0.39 is 10.0 Å². The van der Waals surface area contributed by atoms with Crippen molar-refractivity contribution in [1.82, 2.24) is 14.8 Å². The average Bonchev–Trinajstić information content (AvgIpc) is 3.41. The van der Waals surface area contributed by atoms with Crippen molar-refractivity contribution >= 4 is 32.5 Å². The van der Waals surface area contributed by atoms with Crippen LogP contribution in [0.4, 0.5) is 5.69 Å². The van der Waals surface area contributed by atoms with Crippen molar-refractivity contribution < 1.29 is 22.7 Å². The molecule has 5 rings (SSSR count). The Labute approximate surface area is 211 Å². The van der Waals surface area contributed by atoms with Gasteiger partial charge in [0, 0.05) is 57.0 Å². The summed E-state index contributed by atoms with van der Waals surface area (Å²) in [6.45, 7) is 5.59. The molecule has 1 atom stereocenters. The number of hydrogen-bond acceptors (Lipinski definition) is 7. The number of carbonyl (C=O) groups is 1. The molecule has 1 N–H and O–H groups in total. The van der Waals surface area contributed by atoms with Crippen LogP contribution in [-0.4, -0.2) is 82.2 Å². The molecule has 2 aliphatic heterocycles. The van der Waals surface area contributed by atoms with Crippen molar-refractivity contribution in [2.45, 2.75) is 11.3 Å². The Morgan fingerprint density at radius 2 is 1.94 bits per heavy atom. The summed E-state index contributed by atoms with van der Waals surface area (Å²) in [4.78, 5) is 21.8. The van der Waals surface area contributed by atoms with Crippen molar-refractivity contribution in [1.29, 1.82) is 0 Å². The SMILES string of the molecule is COc1cc(NS(=O)(=O)c2cccc3cccnc23)ccc1C(=O)N1CCN(C[C@@H]2CCOC2)CC1. The first-order chi connectivity index (χ1) is 17.4. The average molecular weight is 511 g/mol. The molecular weight excluding hydrogens is 480 g/mol. The first-order valence-corrected chi connectivity index (χ1v) is 13.6. The van der Waals surface area contributed by atoms with Gasteiger partial charge in [-0.3, -0.25) is 19.4 Å². The van der Waals surface area contributed by atoms with Gasteiger partial charge in [-0.15, -0.1) is 0 Å². The largest absolute Gasteiger partial charge is 0.496 e. The van der Waals surface area contributed by atoms with Gasteiger partial charge in [0.25, 0.3) is 15.9 Å². The quantitative estimate of drug-likeness (QED) is 0.522. The Bertz CT molecular complexity index is 1340. The van der Waals surface area contributed by atoms with Crippen LogP contribution in [0.5, 0.6) is 5.75 Å². The molecule has 9 nitrogen and oxygen atoms in total. The molecule has 2 aromatic carbocycles. The molecule has 0 radical (unpaired) electrons. The molecule has 0 aliphatic carbocycles. The van der Waals surface area contributed by atoms with Gasteiger partial charge in [0.05, 0.1) is 30.5 Å². The fourth-order valence-corrected chi connectivity index (χ4v) is 6.06. The van der Waals surface area contributed by atoms with Crippen molar-refractivity contribution in [2.24, 2.45) is 5.92 Å². The zero-order chi connectivity index (χ0) is 25.1. The summed E-state index contributed by atoms with van der Waals surface area (Å²) in [5.41, 5.74) is 1.11. The van der Waals surface area contributed by atoms with Crippen LogP contribution in [0.25, 0.3) is 10.9 Å². The summed E-state index contributed by atoms with van der Waals surface area (Å²) in [6, 6.07) is 13.3. The van der Waals surface area contributed by atoms with Gasteiger partial charge in [-0.2, -0.15) is 0 Å². The molecule has 190 valence electrons. The van der Waals surface area contributed by atoms with Crippen LogP contribution in [0.15, 0.2) is 59.6 Å². The van der Waals surface area contributed by atoms with E-state index in [1.54, 1.807) is 36.5 Å². The van der Waals surface area contributed by atoms with Crippen LogP contribution in [-0.2, 0) is 14.8 Å². The van der Waals surface area contributed by atoms with Crippen LogP contribution in [0.2, 0.25) is 0 Å². The number of ether oxygens (including phenoxy) is 2. The highest BCUT2D eigenvalue weighted by Gasteiger charge is 2.27. The molecule has 0 unspecified atom stereocenters. The molecule has 1 aromatic heterocycles. The van der Waals surface area contributed by atoms with Crippen molar-refractivity contribution in [3.63, 3.8) is 0 Å². The van der Waals surface area contributed by atoms with E-state index in [1.165, 1.54) is 13.2 Å². The fourth-order valence-electron chi connectivity index (χ4n) is 4.83. The third kappa shape index (κ3) is 5.16. The number of pyridine rings is 1. The monoisotopic (exact) mass is 510 g/mol. The number of aromatic nitrogens is 1. The molecule has 10 heteroatoms. The number of nitrogens with one attached hydrogen (secondary N) is 1. The second-order valence-electron chi connectivity index (χ2n) is 9.17. The van der Waals surface area contributed by atoms with Crippen LogP contribution in [0, 0.1) is 5.92 Å². The van der Waals surface area contributed by atoms with Crippen molar-refractivity contribution in [2.75, 3.05) is 57.8 Å². The summed E-state index contributed by atoms with van der Waals surface area (Å²) in [7, 11) is -2.44. The first-order valence-electron chi connectivity index (χ1n) is 12.1. The summed E-state index contributed by atoms with van der Waals surface area (Å²) in [5.74, 6) is 0.776. The Kier molecular flexibility index (Phi) is 7.08. The highest BCUT2D eigenvalue weighted by Crippen LogP contribution is 2.28. The van der Waals surface area contributed by atoms with E-state index in [9.17, 15) is 13.2 Å². The van der Waals surface area contributed by atoms with Gasteiger partial charge in [0.2, 0.25) is 0 Å². The Balaban J connectivity index is 1.29. The molecule has 2 saturated heterocycles. The fraction of sp³-hybridized carbons (Fsp3) is 0.385.